The molecule has 3 fully saturated rings. The fraction of sp³-hybridized carbons (Fsp3) is 0.750. The van der Waals surface area contributed by atoms with E-state index in [0.717, 1.165) is 43.5 Å². The van der Waals surface area contributed by atoms with Gasteiger partial charge in [0.05, 0.1) is 24.4 Å². The van der Waals surface area contributed by atoms with Crippen LogP contribution in [0.4, 0.5) is 0 Å². The van der Waals surface area contributed by atoms with Gasteiger partial charge >= 0.3 is 22.8 Å². The van der Waals surface area contributed by atoms with E-state index in [-0.39, 0.29) is 30.4 Å². The van der Waals surface area contributed by atoms with Crippen LogP contribution in [0, 0.1) is 0 Å². The minimum absolute atomic E-state index is 0.0974. The van der Waals surface area contributed by atoms with Crippen molar-refractivity contribution in [2.24, 2.45) is 0 Å². The van der Waals surface area contributed by atoms with Gasteiger partial charge in [-0.05, 0) is 65.7 Å². The Bertz CT molecular complexity index is 1060. The Morgan fingerprint density at radius 2 is 1.00 bits per heavy atom. The summed E-state index contributed by atoms with van der Waals surface area (Å²) >= 11 is 0. The van der Waals surface area contributed by atoms with Gasteiger partial charge in [0, 0.05) is 62.2 Å². The molecule has 3 saturated heterocycles. The number of morpholine rings is 1. The molecular formula is C24H46B2N3O12P3. The van der Waals surface area contributed by atoms with Gasteiger partial charge in [0.2, 0.25) is 0 Å². The van der Waals surface area contributed by atoms with Crippen molar-refractivity contribution in [3.8, 4) is 0 Å². The van der Waals surface area contributed by atoms with Gasteiger partial charge in [-0.15, -0.1) is 0 Å². The maximum atomic E-state index is 10.6. The van der Waals surface area contributed by atoms with E-state index in [1.807, 2.05) is 37.9 Å². The predicted octanol–water partition coefficient (Wildman–Crippen LogP) is 0.183. The molecule has 44 heavy (non-hydrogen) atoms. The highest BCUT2D eigenvalue weighted by atomic mass is 31.2. The number of rotatable bonds is 6. The fourth-order valence-corrected chi connectivity index (χ4v) is 5.60. The second kappa shape index (κ2) is 19.4. The van der Waals surface area contributed by atoms with E-state index in [9.17, 15) is 13.7 Å². The second-order valence-corrected chi connectivity index (χ2v) is 15.5. The zero-order valence-corrected chi connectivity index (χ0v) is 28.2. The van der Waals surface area contributed by atoms with E-state index in [2.05, 4.69) is 4.90 Å². The normalized spacial score (nSPS) is 30.8. The van der Waals surface area contributed by atoms with Crippen LogP contribution in [0.5, 0.6) is 0 Å². The lowest BCUT2D eigenvalue weighted by atomic mass is 9.97. The molecule has 0 aliphatic carbocycles. The lowest BCUT2D eigenvalue weighted by Gasteiger charge is -2.32. The van der Waals surface area contributed by atoms with Crippen LogP contribution < -0.4 is 0 Å². The molecule has 4 radical (unpaired) electrons. The van der Waals surface area contributed by atoms with Crippen molar-refractivity contribution in [1.82, 2.24) is 14.7 Å². The van der Waals surface area contributed by atoms with Gasteiger partial charge < -0.3 is 58.3 Å². The summed E-state index contributed by atoms with van der Waals surface area (Å²) in [5.41, 5.74) is 0. The van der Waals surface area contributed by atoms with Crippen LogP contribution in [0.1, 0.15) is 19.8 Å². The van der Waals surface area contributed by atoms with E-state index in [0.29, 0.717) is 26.1 Å². The molecule has 0 spiro atoms. The molecule has 6 unspecified atom stereocenters. The molecule has 6 atom stereocenters. The molecule has 20 heteroatoms. The molecule has 0 aromatic carbocycles. The molecule has 3 aliphatic heterocycles. The molecule has 0 saturated carbocycles. The average Bonchev–Trinajstić information content (AvgIpc) is 3.12. The van der Waals surface area contributed by atoms with Crippen LogP contribution in [-0.4, -0.2) is 157 Å². The van der Waals surface area contributed by atoms with Crippen LogP contribution in [0.3, 0.4) is 0 Å². The third kappa shape index (κ3) is 22.1. The second-order valence-electron chi connectivity index (χ2n) is 11.0. The lowest BCUT2D eigenvalue weighted by Crippen LogP contribution is -2.43. The Morgan fingerprint density at radius 1 is 0.591 bits per heavy atom. The maximum absolute atomic E-state index is 10.6. The molecule has 0 amide bonds. The van der Waals surface area contributed by atoms with Crippen molar-refractivity contribution in [3.05, 3.63) is 35.7 Å². The SMILES string of the molecule is CC1CN(C)CC(/C=C/P(=O)(O)O)O1.[B]C1CCN(C)CC(/C=C/P(=O)(O)O)O1.[B]C1CN(C)CCC(/C=C/P(=O)(O)O)O1. The van der Waals surface area contributed by atoms with Crippen LogP contribution in [0.25, 0.3) is 0 Å². The molecule has 3 heterocycles. The summed E-state index contributed by atoms with van der Waals surface area (Å²) < 4.78 is 48.1. The third-order valence-corrected chi connectivity index (χ3v) is 7.91. The van der Waals surface area contributed by atoms with Crippen molar-refractivity contribution in [1.29, 1.82) is 0 Å². The first-order valence-corrected chi connectivity index (χ1v) is 18.9. The van der Waals surface area contributed by atoms with Gasteiger partial charge in [0.25, 0.3) is 0 Å². The third-order valence-electron chi connectivity index (χ3n) is 6.23. The number of nitrogens with zero attached hydrogens (tertiary/aromatic N) is 3. The maximum Gasteiger partial charge on any atom is 0.348 e. The zero-order chi connectivity index (χ0) is 33.7. The summed E-state index contributed by atoms with van der Waals surface area (Å²) in [7, 11) is 4.86. The number of hydrogen-bond donors (Lipinski definition) is 6. The van der Waals surface area contributed by atoms with E-state index in [4.69, 9.17) is 59.3 Å². The molecule has 3 aliphatic rings. The lowest BCUT2D eigenvalue weighted by molar-refractivity contribution is -0.0467. The van der Waals surface area contributed by atoms with Crippen molar-refractivity contribution in [3.63, 3.8) is 0 Å². The number of hydrogen-bond acceptors (Lipinski definition) is 9. The topological polar surface area (TPSA) is 210 Å². The number of likely N-dealkylation sites (N-methyl/N-ethyl adjacent to an activating group) is 3. The number of ether oxygens (including phenoxy) is 3. The predicted molar refractivity (Wildman–Crippen MR) is 168 cm³/mol. The van der Waals surface area contributed by atoms with Crippen molar-refractivity contribution >= 4 is 38.5 Å². The van der Waals surface area contributed by atoms with Crippen molar-refractivity contribution in [2.45, 2.75) is 56.2 Å². The quantitative estimate of drug-likeness (QED) is 0.163. The van der Waals surface area contributed by atoms with Gasteiger partial charge in [0.15, 0.2) is 0 Å². The highest BCUT2D eigenvalue weighted by molar-refractivity contribution is 7.55. The molecule has 0 bridgehead atoms. The van der Waals surface area contributed by atoms with Crippen LogP contribution in [0.2, 0.25) is 0 Å². The van der Waals surface area contributed by atoms with E-state index < -0.39 is 28.8 Å². The molecule has 6 N–H and O–H groups in total. The first-order valence-electron chi connectivity index (χ1n) is 13.9. The van der Waals surface area contributed by atoms with E-state index in [1.165, 1.54) is 18.2 Å². The van der Waals surface area contributed by atoms with Gasteiger partial charge in [0.1, 0.15) is 15.7 Å². The summed E-state index contributed by atoms with van der Waals surface area (Å²) in [6.07, 6.45) is 4.79. The minimum atomic E-state index is -4.11. The Balaban J connectivity index is 0.000000330. The van der Waals surface area contributed by atoms with Crippen LogP contribution in [0.15, 0.2) is 35.7 Å². The Hall–Kier alpha value is -0.440. The van der Waals surface area contributed by atoms with Gasteiger partial charge in [-0.1, -0.05) is 0 Å². The average molecular weight is 683 g/mol. The largest absolute Gasteiger partial charge is 0.379 e. The molecule has 0 aromatic rings. The first-order chi connectivity index (χ1) is 20.1. The smallest absolute Gasteiger partial charge is 0.348 e. The minimum Gasteiger partial charge on any atom is -0.379 e. The zero-order valence-electron chi connectivity index (χ0n) is 25.6. The Morgan fingerprint density at radius 3 is 1.50 bits per heavy atom. The molecule has 250 valence electrons. The monoisotopic (exact) mass is 683 g/mol. The fourth-order valence-electron chi connectivity index (χ4n) is 4.35. The standard InChI is InChI=1S/2C8H15BNO4P.C8H16NO4P/c1-10-4-2-8(9)14-7(6-10)3-5-15(11,12)13;1-10-4-2-7(14-8(9)6-10)3-5-15(11,12)13;1-7-5-9(2)6-8(13-7)3-4-14(10,11)12/h2*3,5,7-8H,2,4,6H2,1H3,(H2,11,12,13);3-4,7-8H,5-6H2,1-2H3,(H2,10,11,12)/b2*5-3+;4-3+. The van der Waals surface area contributed by atoms with E-state index in [1.54, 1.807) is 0 Å². The highest BCUT2D eigenvalue weighted by Crippen LogP contribution is 2.37. The van der Waals surface area contributed by atoms with Crippen LogP contribution in [-0.2, 0) is 27.9 Å². The highest BCUT2D eigenvalue weighted by Gasteiger charge is 2.22. The molecular weight excluding hydrogens is 637 g/mol. The van der Waals surface area contributed by atoms with Gasteiger partial charge in [-0.3, -0.25) is 13.7 Å². The van der Waals surface area contributed by atoms with Gasteiger partial charge in [-0.2, -0.15) is 0 Å². The summed E-state index contributed by atoms with van der Waals surface area (Å²) in [6, 6.07) is -0.787. The van der Waals surface area contributed by atoms with Crippen molar-refractivity contribution < 1.29 is 57.3 Å². The molecule has 15 nitrogen and oxygen atoms in total. The summed E-state index contributed by atoms with van der Waals surface area (Å²) in [5, 5.41) is 0. The molecule has 3 rings (SSSR count). The summed E-state index contributed by atoms with van der Waals surface area (Å²) in [6.45, 7) is 6.28. The van der Waals surface area contributed by atoms with Crippen LogP contribution >= 0.6 is 22.8 Å². The van der Waals surface area contributed by atoms with Crippen molar-refractivity contribution in [2.75, 3.05) is 60.4 Å². The summed E-state index contributed by atoms with van der Waals surface area (Å²) in [5.74, 6) is 2.64. The molecule has 0 aromatic heterocycles. The van der Waals surface area contributed by atoms with E-state index >= 15 is 0 Å². The summed E-state index contributed by atoms with van der Waals surface area (Å²) in [4.78, 5) is 58.1. The first kappa shape index (κ1) is 41.6. The Labute approximate surface area is 262 Å². The Kier molecular flexibility index (Phi) is 18.3. The van der Waals surface area contributed by atoms with Gasteiger partial charge in [-0.25, -0.2) is 0 Å².